The number of hydrogen-bond acceptors (Lipinski definition) is 5. The molecule has 0 bridgehead atoms. The molecule has 2 rings (SSSR count). The molecule has 1 spiro atoms. The van der Waals surface area contributed by atoms with E-state index in [4.69, 9.17) is 9.47 Å². The molecule has 0 amide bonds. The van der Waals surface area contributed by atoms with E-state index >= 15 is 0 Å². The minimum Gasteiger partial charge on any atom is -0.390 e. The summed E-state index contributed by atoms with van der Waals surface area (Å²) in [5.74, 6) is 0. The Labute approximate surface area is 88.6 Å². The molecule has 5 nitrogen and oxygen atoms in total. The third-order valence-electron chi connectivity index (χ3n) is 3.53. The van der Waals surface area contributed by atoms with Gasteiger partial charge in [0, 0.05) is 13.5 Å². The van der Waals surface area contributed by atoms with Crippen LogP contribution in [0.1, 0.15) is 25.7 Å². The van der Waals surface area contributed by atoms with Crippen molar-refractivity contribution < 1.29 is 24.8 Å². The second-order valence-electron chi connectivity index (χ2n) is 4.45. The molecule has 88 valence electrons. The van der Waals surface area contributed by atoms with Crippen LogP contribution in [0.5, 0.6) is 0 Å². The van der Waals surface area contributed by atoms with Gasteiger partial charge in [0.25, 0.3) is 0 Å². The Hall–Kier alpha value is -0.200. The zero-order valence-electron chi connectivity index (χ0n) is 8.80. The lowest BCUT2D eigenvalue weighted by molar-refractivity contribution is -0.299. The van der Waals surface area contributed by atoms with E-state index < -0.39 is 24.1 Å². The lowest BCUT2D eigenvalue weighted by Gasteiger charge is -2.44. The lowest BCUT2D eigenvalue weighted by atomic mass is 9.87. The summed E-state index contributed by atoms with van der Waals surface area (Å²) in [6.07, 6.45) is -0.673. The number of aliphatic hydroxyl groups is 3. The zero-order valence-corrected chi connectivity index (χ0v) is 8.80. The molecular weight excluding hydrogens is 200 g/mol. The van der Waals surface area contributed by atoms with Crippen molar-refractivity contribution in [3.63, 3.8) is 0 Å². The highest BCUT2D eigenvalue weighted by atomic mass is 16.6. The molecule has 15 heavy (non-hydrogen) atoms. The van der Waals surface area contributed by atoms with Gasteiger partial charge in [-0.2, -0.15) is 0 Å². The van der Waals surface area contributed by atoms with Gasteiger partial charge in [-0.15, -0.1) is 0 Å². The molecule has 5 heteroatoms. The number of rotatable bonds is 1. The molecule has 5 unspecified atom stereocenters. The van der Waals surface area contributed by atoms with E-state index in [0.717, 1.165) is 19.3 Å². The van der Waals surface area contributed by atoms with Crippen LogP contribution in [-0.4, -0.2) is 52.6 Å². The Balaban J connectivity index is 2.15. The van der Waals surface area contributed by atoms with Crippen molar-refractivity contribution in [3.8, 4) is 0 Å². The minimum atomic E-state index is -1.32. The molecule has 1 aliphatic heterocycles. The highest BCUT2D eigenvalue weighted by Gasteiger charge is 2.52. The maximum absolute atomic E-state index is 9.64. The van der Waals surface area contributed by atoms with Gasteiger partial charge in [0.05, 0.1) is 12.2 Å². The van der Waals surface area contributed by atoms with Crippen molar-refractivity contribution in [2.24, 2.45) is 0 Å². The molecule has 0 radical (unpaired) electrons. The van der Waals surface area contributed by atoms with Crippen molar-refractivity contribution in [1.82, 2.24) is 0 Å². The zero-order chi connectivity index (χ0) is 11.1. The van der Waals surface area contributed by atoms with Crippen LogP contribution in [0.25, 0.3) is 0 Å². The first-order valence-electron chi connectivity index (χ1n) is 5.34. The summed E-state index contributed by atoms with van der Waals surface area (Å²) in [4.78, 5) is 0. The molecular formula is C10H18O5. The first-order valence-corrected chi connectivity index (χ1v) is 5.34. The van der Waals surface area contributed by atoms with Crippen LogP contribution in [0.4, 0.5) is 0 Å². The van der Waals surface area contributed by atoms with E-state index in [2.05, 4.69) is 0 Å². The summed E-state index contributed by atoms with van der Waals surface area (Å²) < 4.78 is 10.7. The normalized spacial score (nSPS) is 51.2. The SMILES string of the molecule is COC1CCCC12CC(O)C(O)C(O)O2. The number of aliphatic hydroxyl groups excluding tert-OH is 3. The van der Waals surface area contributed by atoms with Gasteiger partial charge in [-0.1, -0.05) is 0 Å². The van der Waals surface area contributed by atoms with Gasteiger partial charge in [0.15, 0.2) is 6.29 Å². The van der Waals surface area contributed by atoms with E-state index in [1.807, 2.05) is 0 Å². The topological polar surface area (TPSA) is 79.2 Å². The Morgan fingerprint density at radius 1 is 1.33 bits per heavy atom. The Bertz CT molecular complexity index is 220. The summed E-state index contributed by atoms with van der Waals surface area (Å²) in [5.41, 5.74) is -0.618. The first kappa shape index (κ1) is 11.3. The molecule has 1 saturated carbocycles. The third-order valence-corrected chi connectivity index (χ3v) is 3.53. The summed E-state index contributed by atoms with van der Waals surface area (Å²) in [5, 5.41) is 28.5. The molecule has 2 fully saturated rings. The maximum Gasteiger partial charge on any atom is 0.184 e. The number of methoxy groups -OCH3 is 1. The van der Waals surface area contributed by atoms with Crippen molar-refractivity contribution in [1.29, 1.82) is 0 Å². The van der Waals surface area contributed by atoms with Gasteiger partial charge in [-0.05, 0) is 19.3 Å². The van der Waals surface area contributed by atoms with Crippen LogP contribution >= 0.6 is 0 Å². The highest BCUT2D eigenvalue weighted by molar-refractivity contribution is 5.01. The molecule has 0 aromatic heterocycles. The van der Waals surface area contributed by atoms with Crippen LogP contribution in [-0.2, 0) is 9.47 Å². The fourth-order valence-electron chi connectivity index (χ4n) is 2.73. The fraction of sp³-hybridized carbons (Fsp3) is 1.00. The van der Waals surface area contributed by atoms with E-state index in [0.29, 0.717) is 6.42 Å². The van der Waals surface area contributed by atoms with Crippen LogP contribution in [0.2, 0.25) is 0 Å². The Morgan fingerprint density at radius 3 is 2.67 bits per heavy atom. The Morgan fingerprint density at radius 2 is 2.07 bits per heavy atom. The van der Waals surface area contributed by atoms with Crippen LogP contribution in [0, 0.1) is 0 Å². The first-order chi connectivity index (χ1) is 7.09. The predicted molar refractivity (Wildman–Crippen MR) is 51.1 cm³/mol. The minimum absolute atomic E-state index is 0.103. The predicted octanol–water partition coefficient (Wildman–Crippen LogP) is -0.615. The second kappa shape index (κ2) is 3.99. The summed E-state index contributed by atoms with van der Waals surface area (Å²) in [6, 6.07) is 0. The highest BCUT2D eigenvalue weighted by Crippen LogP contribution is 2.43. The van der Waals surface area contributed by atoms with Crippen molar-refractivity contribution in [3.05, 3.63) is 0 Å². The molecule has 3 N–H and O–H groups in total. The number of ether oxygens (including phenoxy) is 2. The van der Waals surface area contributed by atoms with Crippen molar-refractivity contribution >= 4 is 0 Å². The van der Waals surface area contributed by atoms with Crippen LogP contribution in [0.3, 0.4) is 0 Å². The van der Waals surface area contributed by atoms with Crippen molar-refractivity contribution in [2.45, 2.75) is 55.9 Å². The van der Waals surface area contributed by atoms with Crippen LogP contribution in [0.15, 0.2) is 0 Å². The number of hydrogen-bond donors (Lipinski definition) is 3. The van der Waals surface area contributed by atoms with Crippen molar-refractivity contribution in [2.75, 3.05) is 7.11 Å². The van der Waals surface area contributed by atoms with Gasteiger partial charge in [-0.25, -0.2) is 0 Å². The van der Waals surface area contributed by atoms with E-state index in [-0.39, 0.29) is 6.10 Å². The van der Waals surface area contributed by atoms with E-state index in [1.165, 1.54) is 0 Å². The monoisotopic (exact) mass is 218 g/mol. The quantitative estimate of drug-likeness (QED) is 0.547. The molecule has 1 heterocycles. The standard InChI is InChI=1S/C10H18O5/c1-14-7-3-2-4-10(7)5-6(11)8(12)9(13)15-10/h6-9,11-13H,2-5H2,1H3. The summed E-state index contributed by atoms with van der Waals surface area (Å²) in [6.45, 7) is 0. The van der Waals surface area contributed by atoms with Crippen LogP contribution < -0.4 is 0 Å². The van der Waals surface area contributed by atoms with E-state index in [1.54, 1.807) is 7.11 Å². The smallest absolute Gasteiger partial charge is 0.184 e. The third kappa shape index (κ3) is 1.79. The maximum atomic E-state index is 9.64. The summed E-state index contributed by atoms with van der Waals surface area (Å²) in [7, 11) is 1.60. The van der Waals surface area contributed by atoms with Gasteiger partial charge >= 0.3 is 0 Å². The molecule has 2 aliphatic rings. The molecule has 0 aromatic rings. The Kier molecular flexibility index (Phi) is 3.00. The average Bonchev–Trinajstić information content (AvgIpc) is 2.57. The van der Waals surface area contributed by atoms with Gasteiger partial charge in [-0.3, -0.25) is 0 Å². The summed E-state index contributed by atoms with van der Waals surface area (Å²) >= 11 is 0. The average molecular weight is 218 g/mol. The molecule has 1 saturated heterocycles. The largest absolute Gasteiger partial charge is 0.390 e. The van der Waals surface area contributed by atoms with Gasteiger partial charge < -0.3 is 24.8 Å². The van der Waals surface area contributed by atoms with Gasteiger partial charge in [0.2, 0.25) is 0 Å². The fourth-order valence-corrected chi connectivity index (χ4v) is 2.73. The van der Waals surface area contributed by atoms with Gasteiger partial charge in [0.1, 0.15) is 11.7 Å². The second-order valence-corrected chi connectivity index (χ2v) is 4.45. The lowest BCUT2D eigenvalue weighted by Crippen LogP contribution is -2.57. The molecule has 5 atom stereocenters. The molecule has 1 aliphatic carbocycles. The molecule has 0 aromatic carbocycles. The van der Waals surface area contributed by atoms with E-state index in [9.17, 15) is 15.3 Å².